The molecule has 2 aromatic heterocycles. The third-order valence-electron chi connectivity index (χ3n) is 3.31. The number of hydrogen-bond donors (Lipinski definition) is 1. The molecule has 0 amide bonds. The zero-order chi connectivity index (χ0) is 14.0. The molecule has 4 nitrogen and oxygen atoms in total. The van der Waals surface area contributed by atoms with Crippen molar-refractivity contribution in [2.24, 2.45) is 12.8 Å². The SMILES string of the molecule is CCc1ccc(C(N)Cc2c(Cl)c(CC)nn2C)o1. The molecular formula is C14H20ClN3O. The van der Waals surface area contributed by atoms with E-state index in [1.54, 1.807) is 0 Å². The minimum Gasteiger partial charge on any atom is -0.464 e. The third kappa shape index (κ3) is 2.85. The number of nitrogens with two attached hydrogens (primary N) is 1. The van der Waals surface area contributed by atoms with Gasteiger partial charge in [-0.3, -0.25) is 4.68 Å². The summed E-state index contributed by atoms with van der Waals surface area (Å²) >= 11 is 6.32. The summed E-state index contributed by atoms with van der Waals surface area (Å²) in [5.41, 5.74) is 8.07. The van der Waals surface area contributed by atoms with E-state index in [0.717, 1.165) is 40.8 Å². The number of hydrogen-bond acceptors (Lipinski definition) is 3. The number of nitrogens with zero attached hydrogens (tertiary/aromatic N) is 2. The topological polar surface area (TPSA) is 57.0 Å². The van der Waals surface area contributed by atoms with Crippen molar-refractivity contribution >= 4 is 11.6 Å². The van der Waals surface area contributed by atoms with Crippen molar-refractivity contribution in [3.8, 4) is 0 Å². The lowest BCUT2D eigenvalue weighted by molar-refractivity contribution is 0.431. The summed E-state index contributed by atoms with van der Waals surface area (Å²) in [4.78, 5) is 0. The fraction of sp³-hybridized carbons (Fsp3) is 0.500. The van der Waals surface area contributed by atoms with Crippen LogP contribution in [0.1, 0.15) is 42.8 Å². The minimum atomic E-state index is -0.196. The second kappa shape index (κ2) is 5.80. The molecule has 1 unspecified atom stereocenters. The maximum Gasteiger partial charge on any atom is 0.121 e. The number of rotatable bonds is 5. The average Bonchev–Trinajstić information content (AvgIpc) is 2.98. The van der Waals surface area contributed by atoms with Crippen molar-refractivity contribution in [2.45, 2.75) is 39.2 Å². The van der Waals surface area contributed by atoms with Crippen LogP contribution in [0, 0.1) is 0 Å². The molecule has 2 rings (SSSR count). The van der Waals surface area contributed by atoms with Crippen LogP contribution >= 0.6 is 11.6 Å². The first-order valence-electron chi connectivity index (χ1n) is 6.61. The van der Waals surface area contributed by atoms with E-state index in [-0.39, 0.29) is 6.04 Å². The fourth-order valence-electron chi connectivity index (χ4n) is 2.13. The lowest BCUT2D eigenvalue weighted by Crippen LogP contribution is -2.15. The number of furan rings is 1. The largest absolute Gasteiger partial charge is 0.464 e. The van der Waals surface area contributed by atoms with Crippen molar-refractivity contribution in [1.29, 1.82) is 0 Å². The Kier molecular flexibility index (Phi) is 4.32. The molecule has 0 aliphatic heterocycles. The number of aromatic nitrogens is 2. The van der Waals surface area contributed by atoms with Gasteiger partial charge < -0.3 is 10.2 Å². The Morgan fingerprint density at radius 2 is 2.11 bits per heavy atom. The van der Waals surface area contributed by atoms with Gasteiger partial charge in [0.05, 0.1) is 22.5 Å². The summed E-state index contributed by atoms with van der Waals surface area (Å²) in [6, 6.07) is 3.71. The Hall–Kier alpha value is -1.26. The van der Waals surface area contributed by atoms with Crippen LogP contribution in [0.5, 0.6) is 0 Å². The van der Waals surface area contributed by atoms with Crippen molar-refractivity contribution in [2.75, 3.05) is 0 Å². The average molecular weight is 282 g/mol. The van der Waals surface area contributed by atoms with Crippen LogP contribution in [-0.4, -0.2) is 9.78 Å². The first-order chi connectivity index (χ1) is 9.06. The lowest BCUT2D eigenvalue weighted by atomic mass is 10.1. The van der Waals surface area contributed by atoms with E-state index >= 15 is 0 Å². The number of aryl methyl sites for hydroxylation is 3. The van der Waals surface area contributed by atoms with Crippen LogP contribution in [0.25, 0.3) is 0 Å². The third-order valence-corrected chi connectivity index (χ3v) is 3.75. The van der Waals surface area contributed by atoms with E-state index in [4.69, 9.17) is 21.8 Å². The van der Waals surface area contributed by atoms with Gasteiger partial charge in [-0.25, -0.2) is 0 Å². The summed E-state index contributed by atoms with van der Waals surface area (Å²) in [6.45, 7) is 4.09. The molecule has 0 aromatic carbocycles. The molecule has 0 aliphatic carbocycles. The molecular weight excluding hydrogens is 262 g/mol. The predicted octanol–water partition coefficient (Wildman–Crippen LogP) is 3.03. The van der Waals surface area contributed by atoms with Gasteiger partial charge in [0.25, 0.3) is 0 Å². The van der Waals surface area contributed by atoms with Gasteiger partial charge in [-0.05, 0) is 18.6 Å². The second-order valence-corrected chi connectivity index (χ2v) is 5.03. The predicted molar refractivity (Wildman–Crippen MR) is 76.3 cm³/mol. The highest BCUT2D eigenvalue weighted by atomic mass is 35.5. The molecule has 2 aromatic rings. The van der Waals surface area contributed by atoms with E-state index in [1.165, 1.54) is 0 Å². The van der Waals surface area contributed by atoms with E-state index in [0.29, 0.717) is 6.42 Å². The Bertz CT molecular complexity index is 559. The molecule has 2 N–H and O–H groups in total. The van der Waals surface area contributed by atoms with Gasteiger partial charge in [-0.2, -0.15) is 5.10 Å². The highest BCUT2D eigenvalue weighted by molar-refractivity contribution is 6.31. The Balaban J connectivity index is 2.18. The summed E-state index contributed by atoms with van der Waals surface area (Å²) < 4.78 is 7.49. The standard InChI is InChI=1S/C14H20ClN3O/c1-4-9-6-7-13(19-9)10(16)8-12-14(15)11(5-2)17-18(12)3/h6-7,10H,4-5,8,16H2,1-3H3. The molecule has 0 fully saturated rings. The van der Waals surface area contributed by atoms with E-state index in [1.807, 2.05) is 30.8 Å². The molecule has 2 heterocycles. The van der Waals surface area contributed by atoms with Gasteiger partial charge in [0.2, 0.25) is 0 Å². The van der Waals surface area contributed by atoms with Gasteiger partial charge in [0.1, 0.15) is 11.5 Å². The summed E-state index contributed by atoms with van der Waals surface area (Å²) in [5, 5.41) is 5.12. The van der Waals surface area contributed by atoms with Crippen molar-refractivity contribution in [3.05, 3.63) is 40.1 Å². The smallest absolute Gasteiger partial charge is 0.121 e. The van der Waals surface area contributed by atoms with Crippen LogP contribution in [-0.2, 0) is 26.3 Å². The first-order valence-corrected chi connectivity index (χ1v) is 6.99. The Morgan fingerprint density at radius 3 is 2.63 bits per heavy atom. The fourth-order valence-corrected chi connectivity index (χ4v) is 2.51. The molecule has 5 heteroatoms. The highest BCUT2D eigenvalue weighted by Gasteiger charge is 2.18. The normalized spacial score (nSPS) is 12.9. The van der Waals surface area contributed by atoms with E-state index < -0.39 is 0 Å². The maximum atomic E-state index is 6.32. The van der Waals surface area contributed by atoms with Gasteiger partial charge in [-0.1, -0.05) is 25.4 Å². The minimum absolute atomic E-state index is 0.196. The molecule has 19 heavy (non-hydrogen) atoms. The first kappa shape index (κ1) is 14.2. The van der Waals surface area contributed by atoms with E-state index in [9.17, 15) is 0 Å². The van der Waals surface area contributed by atoms with Gasteiger partial charge in [0.15, 0.2) is 0 Å². The summed E-state index contributed by atoms with van der Waals surface area (Å²) in [6.07, 6.45) is 2.32. The van der Waals surface area contributed by atoms with Crippen LogP contribution in [0.2, 0.25) is 5.02 Å². The lowest BCUT2D eigenvalue weighted by Gasteiger charge is -2.09. The molecule has 0 bridgehead atoms. The zero-order valence-corrected chi connectivity index (χ0v) is 12.4. The molecule has 0 radical (unpaired) electrons. The quantitative estimate of drug-likeness (QED) is 0.916. The van der Waals surface area contributed by atoms with Crippen LogP contribution in [0.4, 0.5) is 0 Å². The van der Waals surface area contributed by atoms with Crippen molar-refractivity contribution < 1.29 is 4.42 Å². The van der Waals surface area contributed by atoms with Crippen molar-refractivity contribution in [3.63, 3.8) is 0 Å². The highest BCUT2D eigenvalue weighted by Crippen LogP contribution is 2.26. The molecule has 0 spiro atoms. The zero-order valence-electron chi connectivity index (χ0n) is 11.6. The maximum absolute atomic E-state index is 6.32. The molecule has 1 atom stereocenters. The van der Waals surface area contributed by atoms with Crippen LogP contribution in [0.15, 0.2) is 16.5 Å². The van der Waals surface area contributed by atoms with Crippen molar-refractivity contribution in [1.82, 2.24) is 9.78 Å². The monoisotopic (exact) mass is 281 g/mol. The Morgan fingerprint density at radius 1 is 1.37 bits per heavy atom. The van der Waals surface area contributed by atoms with Gasteiger partial charge in [-0.15, -0.1) is 0 Å². The number of halogens is 1. The molecule has 0 saturated heterocycles. The van der Waals surface area contributed by atoms with E-state index in [2.05, 4.69) is 12.0 Å². The van der Waals surface area contributed by atoms with Crippen LogP contribution in [0.3, 0.4) is 0 Å². The molecule has 104 valence electrons. The second-order valence-electron chi connectivity index (χ2n) is 4.65. The molecule has 0 aliphatic rings. The van der Waals surface area contributed by atoms with Gasteiger partial charge >= 0.3 is 0 Å². The summed E-state index contributed by atoms with van der Waals surface area (Å²) in [7, 11) is 1.90. The summed E-state index contributed by atoms with van der Waals surface area (Å²) in [5.74, 6) is 1.75. The van der Waals surface area contributed by atoms with Gasteiger partial charge in [0, 0.05) is 19.9 Å². The molecule has 0 saturated carbocycles. The van der Waals surface area contributed by atoms with Crippen LogP contribution < -0.4 is 5.73 Å². The Labute approximate surface area is 118 Å².